The highest BCUT2D eigenvalue weighted by molar-refractivity contribution is 5.81. The first-order valence-electron chi connectivity index (χ1n) is 4.79. The Labute approximate surface area is 85.6 Å². The van der Waals surface area contributed by atoms with Crippen LogP contribution < -0.4 is 11.3 Å². The Kier molecular flexibility index (Phi) is 6.44. The van der Waals surface area contributed by atoms with Crippen LogP contribution in [0.4, 0.5) is 0 Å². The van der Waals surface area contributed by atoms with Gasteiger partial charge < -0.3 is 4.74 Å². The molecule has 0 saturated carbocycles. The lowest BCUT2D eigenvalue weighted by molar-refractivity contribution is -0.127. The molecule has 5 nitrogen and oxygen atoms in total. The first-order chi connectivity index (χ1) is 6.58. The summed E-state index contributed by atoms with van der Waals surface area (Å²) in [7, 11) is 3.54. The second-order valence-corrected chi connectivity index (χ2v) is 3.40. The maximum absolute atomic E-state index is 11.4. The molecule has 0 aliphatic carbocycles. The van der Waals surface area contributed by atoms with E-state index in [4.69, 9.17) is 10.6 Å². The molecule has 14 heavy (non-hydrogen) atoms. The molecule has 5 heteroatoms. The SMILES string of the molecule is CCC(C(=O)NN)N(C)C(C)COC. The molecule has 0 spiro atoms. The molecule has 0 radical (unpaired) electrons. The third kappa shape index (κ3) is 3.61. The van der Waals surface area contributed by atoms with Crippen molar-refractivity contribution in [3.8, 4) is 0 Å². The molecule has 3 N–H and O–H groups in total. The molecule has 0 aliphatic heterocycles. The number of ether oxygens (including phenoxy) is 1. The number of nitrogens with zero attached hydrogens (tertiary/aromatic N) is 1. The minimum Gasteiger partial charge on any atom is -0.383 e. The fourth-order valence-corrected chi connectivity index (χ4v) is 1.42. The third-order valence-corrected chi connectivity index (χ3v) is 2.43. The number of hydrogen-bond acceptors (Lipinski definition) is 4. The highest BCUT2D eigenvalue weighted by atomic mass is 16.5. The van der Waals surface area contributed by atoms with Gasteiger partial charge in [-0.15, -0.1) is 0 Å². The Hall–Kier alpha value is -0.650. The van der Waals surface area contributed by atoms with Crippen molar-refractivity contribution in [1.29, 1.82) is 0 Å². The molecule has 0 rings (SSSR count). The van der Waals surface area contributed by atoms with Crippen LogP contribution in [0.5, 0.6) is 0 Å². The Bertz CT molecular complexity index is 175. The lowest BCUT2D eigenvalue weighted by Gasteiger charge is -2.30. The molecule has 1 amide bonds. The molecule has 0 fully saturated rings. The average molecular weight is 203 g/mol. The number of carbonyl (C=O) groups is 1. The van der Waals surface area contributed by atoms with E-state index in [1.807, 2.05) is 25.8 Å². The molecule has 2 atom stereocenters. The van der Waals surface area contributed by atoms with Crippen molar-refractivity contribution < 1.29 is 9.53 Å². The number of rotatable bonds is 6. The minimum atomic E-state index is -0.190. The Morgan fingerprint density at radius 1 is 1.64 bits per heavy atom. The van der Waals surface area contributed by atoms with Gasteiger partial charge in [0.1, 0.15) is 0 Å². The molecular weight excluding hydrogens is 182 g/mol. The fourth-order valence-electron chi connectivity index (χ4n) is 1.42. The molecule has 0 aliphatic rings. The lowest BCUT2D eigenvalue weighted by Crippen LogP contribution is -2.51. The summed E-state index contributed by atoms with van der Waals surface area (Å²) in [5, 5.41) is 0. The van der Waals surface area contributed by atoms with Gasteiger partial charge in [0.05, 0.1) is 12.6 Å². The zero-order valence-electron chi connectivity index (χ0n) is 9.41. The van der Waals surface area contributed by atoms with Crippen LogP contribution in [0.3, 0.4) is 0 Å². The molecular formula is C9H21N3O2. The zero-order chi connectivity index (χ0) is 11.1. The van der Waals surface area contributed by atoms with Gasteiger partial charge in [-0.1, -0.05) is 6.92 Å². The first kappa shape index (κ1) is 13.4. The number of hydrazine groups is 1. The van der Waals surface area contributed by atoms with Gasteiger partial charge in [0.2, 0.25) is 0 Å². The number of amides is 1. The summed E-state index contributed by atoms with van der Waals surface area (Å²) in [6.45, 7) is 4.57. The molecule has 0 saturated heterocycles. The van der Waals surface area contributed by atoms with Gasteiger partial charge in [-0.05, 0) is 20.4 Å². The van der Waals surface area contributed by atoms with Gasteiger partial charge in [0.25, 0.3) is 5.91 Å². The van der Waals surface area contributed by atoms with E-state index in [-0.39, 0.29) is 18.0 Å². The number of methoxy groups -OCH3 is 1. The predicted molar refractivity (Wildman–Crippen MR) is 55.5 cm³/mol. The number of hydrogen-bond donors (Lipinski definition) is 2. The lowest BCUT2D eigenvalue weighted by atomic mass is 10.1. The van der Waals surface area contributed by atoms with Crippen LogP contribution in [-0.4, -0.2) is 43.7 Å². The summed E-state index contributed by atoms with van der Waals surface area (Å²) in [6, 6.07) is 0.00685. The first-order valence-corrected chi connectivity index (χ1v) is 4.79. The smallest absolute Gasteiger partial charge is 0.251 e. The van der Waals surface area contributed by atoms with Crippen molar-refractivity contribution in [1.82, 2.24) is 10.3 Å². The van der Waals surface area contributed by atoms with Crippen molar-refractivity contribution in [3.63, 3.8) is 0 Å². The van der Waals surface area contributed by atoms with Gasteiger partial charge in [0, 0.05) is 13.2 Å². The molecule has 0 aromatic rings. The number of nitrogens with two attached hydrogens (primary N) is 1. The van der Waals surface area contributed by atoms with E-state index in [1.165, 1.54) is 0 Å². The minimum absolute atomic E-state index is 0.155. The average Bonchev–Trinajstić information content (AvgIpc) is 2.18. The number of likely N-dealkylation sites (N-methyl/N-ethyl adjacent to an activating group) is 1. The second kappa shape index (κ2) is 6.75. The van der Waals surface area contributed by atoms with Crippen LogP contribution in [0.25, 0.3) is 0 Å². The fraction of sp³-hybridized carbons (Fsp3) is 0.889. The van der Waals surface area contributed by atoms with E-state index in [0.29, 0.717) is 6.61 Å². The van der Waals surface area contributed by atoms with Gasteiger partial charge >= 0.3 is 0 Å². The van der Waals surface area contributed by atoms with Crippen LogP contribution >= 0.6 is 0 Å². The number of nitrogens with one attached hydrogen (secondary N) is 1. The van der Waals surface area contributed by atoms with Gasteiger partial charge in [-0.25, -0.2) is 5.84 Å². The van der Waals surface area contributed by atoms with E-state index < -0.39 is 0 Å². The molecule has 84 valence electrons. The quantitative estimate of drug-likeness (QED) is 0.354. The summed E-state index contributed by atoms with van der Waals surface area (Å²) in [4.78, 5) is 13.3. The highest BCUT2D eigenvalue weighted by Gasteiger charge is 2.23. The maximum Gasteiger partial charge on any atom is 0.251 e. The van der Waals surface area contributed by atoms with Gasteiger partial charge in [-0.2, -0.15) is 0 Å². The van der Waals surface area contributed by atoms with Gasteiger partial charge in [-0.3, -0.25) is 15.1 Å². The Balaban J connectivity index is 4.29. The summed E-state index contributed by atoms with van der Waals surface area (Å²) >= 11 is 0. The molecule has 2 unspecified atom stereocenters. The summed E-state index contributed by atoms with van der Waals surface area (Å²) in [5.74, 6) is 4.95. The van der Waals surface area contributed by atoms with Gasteiger partial charge in [0.15, 0.2) is 0 Å². The van der Waals surface area contributed by atoms with Crippen molar-refractivity contribution >= 4 is 5.91 Å². The highest BCUT2D eigenvalue weighted by Crippen LogP contribution is 2.06. The van der Waals surface area contributed by atoms with Crippen LogP contribution in [0.1, 0.15) is 20.3 Å². The van der Waals surface area contributed by atoms with Crippen LogP contribution in [0.15, 0.2) is 0 Å². The molecule has 0 bridgehead atoms. The topological polar surface area (TPSA) is 67.6 Å². The van der Waals surface area contributed by atoms with Crippen LogP contribution in [-0.2, 0) is 9.53 Å². The predicted octanol–water partition coefficient (Wildman–Crippen LogP) is -0.278. The van der Waals surface area contributed by atoms with E-state index in [0.717, 1.165) is 6.42 Å². The summed E-state index contributed by atoms with van der Waals surface area (Å²) in [5.41, 5.74) is 2.17. The molecule has 0 heterocycles. The Morgan fingerprint density at radius 2 is 2.21 bits per heavy atom. The maximum atomic E-state index is 11.4. The van der Waals surface area contributed by atoms with E-state index >= 15 is 0 Å². The summed E-state index contributed by atoms with van der Waals surface area (Å²) in [6.07, 6.45) is 0.730. The van der Waals surface area contributed by atoms with Crippen molar-refractivity contribution in [3.05, 3.63) is 0 Å². The standard InChI is InChI=1S/C9H21N3O2/c1-5-8(9(13)11-10)12(3)7(2)6-14-4/h7-8H,5-6,10H2,1-4H3,(H,11,13). The number of carbonyl (C=O) groups excluding carboxylic acids is 1. The third-order valence-electron chi connectivity index (χ3n) is 2.43. The molecule has 0 aromatic carbocycles. The van der Waals surface area contributed by atoms with Crippen molar-refractivity contribution in [2.24, 2.45) is 5.84 Å². The van der Waals surface area contributed by atoms with Crippen molar-refractivity contribution in [2.75, 3.05) is 20.8 Å². The summed E-state index contributed by atoms with van der Waals surface area (Å²) < 4.78 is 5.03. The van der Waals surface area contributed by atoms with E-state index in [1.54, 1.807) is 7.11 Å². The van der Waals surface area contributed by atoms with E-state index in [2.05, 4.69) is 5.43 Å². The normalized spacial score (nSPS) is 15.3. The van der Waals surface area contributed by atoms with Crippen molar-refractivity contribution in [2.45, 2.75) is 32.4 Å². The van der Waals surface area contributed by atoms with Crippen LogP contribution in [0.2, 0.25) is 0 Å². The zero-order valence-corrected chi connectivity index (χ0v) is 9.41. The van der Waals surface area contributed by atoms with E-state index in [9.17, 15) is 4.79 Å². The molecule has 0 aromatic heterocycles. The Morgan fingerprint density at radius 3 is 2.57 bits per heavy atom. The largest absolute Gasteiger partial charge is 0.383 e. The second-order valence-electron chi connectivity index (χ2n) is 3.40. The van der Waals surface area contributed by atoms with Crippen LogP contribution in [0, 0.1) is 0 Å². The monoisotopic (exact) mass is 203 g/mol.